The van der Waals surface area contributed by atoms with E-state index in [0.717, 1.165) is 0 Å². The standard InChI is InChI=1S/C12H20O2/c1-12(2,3)14-11(13)10-8-6-4-5-7-9(8)10/h8-10H,4-7H2,1-3H3/t8-,9+,10?. The van der Waals surface area contributed by atoms with Crippen molar-refractivity contribution in [2.24, 2.45) is 17.8 Å². The number of hydrogen-bond donors (Lipinski definition) is 0. The van der Waals surface area contributed by atoms with Gasteiger partial charge in [0.1, 0.15) is 5.60 Å². The van der Waals surface area contributed by atoms with Gasteiger partial charge in [0.15, 0.2) is 0 Å². The molecule has 14 heavy (non-hydrogen) atoms. The summed E-state index contributed by atoms with van der Waals surface area (Å²) in [5.74, 6) is 1.63. The smallest absolute Gasteiger partial charge is 0.310 e. The third-order valence-corrected chi connectivity index (χ3v) is 3.34. The van der Waals surface area contributed by atoms with Crippen LogP contribution in [0.1, 0.15) is 46.5 Å². The lowest BCUT2D eigenvalue weighted by molar-refractivity contribution is -0.157. The molecule has 0 bridgehead atoms. The molecular weight excluding hydrogens is 176 g/mol. The quantitative estimate of drug-likeness (QED) is 0.603. The molecule has 0 aromatic rings. The van der Waals surface area contributed by atoms with E-state index >= 15 is 0 Å². The molecule has 2 fully saturated rings. The number of carbonyl (C=O) groups excluding carboxylic acids is 1. The molecule has 2 aliphatic carbocycles. The molecule has 0 aliphatic heterocycles. The summed E-state index contributed by atoms with van der Waals surface area (Å²) in [6.07, 6.45) is 5.10. The van der Waals surface area contributed by atoms with Gasteiger partial charge in [0.2, 0.25) is 0 Å². The van der Waals surface area contributed by atoms with Crippen LogP contribution in [-0.2, 0) is 9.53 Å². The Morgan fingerprint density at radius 2 is 1.64 bits per heavy atom. The van der Waals surface area contributed by atoms with Gasteiger partial charge in [-0.15, -0.1) is 0 Å². The maximum atomic E-state index is 11.8. The van der Waals surface area contributed by atoms with Crippen molar-refractivity contribution in [2.75, 3.05) is 0 Å². The summed E-state index contributed by atoms with van der Waals surface area (Å²) < 4.78 is 5.41. The van der Waals surface area contributed by atoms with E-state index in [-0.39, 0.29) is 17.5 Å². The predicted octanol–water partition coefficient (Wildman–Crippen LogP) is 2.76. The van der Waals surface area contributed by atoms with Crippen LogP contribution in [0.3, 0.4) is 0 Å². The first-order chi connectivity index (χ1) is 6.49. The van der Waals surface area contributed by atoms with Crippen molar-refractivity contribution >= 4 is 5.97 Å². The Labute approximate surface area is 86.0 Å². The summed E-state index contributed by atoms with van der Waals surface area (Å²) in [6, 6.07) is 0. The summed E-state index contributed by atoms with van der Waals surface area (Å²) >= 11 is 0. The number of rotatable bonds is 1. The van der Waals surface area contributed by atoms with Crippen molar-refractivity contribution in [1.29, 1.82) is 0 Å². The zero-order valence-electron chi connectivity index (χ0n) is 9.38. The molecule has 2 saturated carbocycles. The van der Waals surface area contributed by atoms with Crippen LogP contribution in [0.25, 0.3) is 0 Å². The zero-order chi connectivity index (χ0) is 10.3. The third-order valence-electron chi connectivity index (χ3n) is 3.34. The number of hydrogen-bond acceptors (Lipinski definition) is 2. The van der Waals surface area contributed by atoms with Crippen molar-refractivity contribution < 1.29 is 9.53 Å². The van der Waals surface area contributed by atoms with Gasteiger partial charge in [-0.2, -0.15) is 0 Å². The average Bonchev–Trinajstić information content (AvgIpc) is 2.73. The Bertz CT molecular complexity index is 227. The number of fused-ring (bicyclic) bond motifs is 1. The molecule has 0 heterocycles. The highest BCUT2D eigenvalue weighted by atomic mass is 16.6. The maximum Gasteiger partial charge on any atom is 0.310 e. The molecule has 2 aliphatic rings. The van der Waals surface area contributed by atoms with Gasteiger partial charge in [-0.3, -0.25) is 4.79 Å². The van der Waals surface area contributed by atoms with Gasteiger partial charge in [0.25, 0.3) is 0 Å². The molecule has 0 amide bonds. The van der Waals surface area contributed by atoms with Crippen LogP contribution in [0.2, 0.25) is 0 Å². The third kappa shape index (κ3) is 1.94. The van der Waals surface area contributed by atoms with Crippen molar-refractivity contribution in [3.8, 4) is 0 Å². The highest BCUT2D eigenvalue weighted by Crippen LogP contribution is 2.56. The van der Waals surface area contributed by atoms with Crippen LogP contribution in [0.15, 0.2) is 0 Å². The first-order valence-corrected chi connectivity index (χ1v) is 5.72. The van der Waals surface area contributed by atoms with Crippen LogP contribution in [-0.4, -0.2) is 11.6 Å². The van der Waals surface area contributed by atoms with Gasteiger partial charge >= 0.3 is 5.97 Å². The molecule has 1 unspecified atom stereocenters. The van der Waals surface area contributed by atoms with E-state index in [1.54, 1.807) is 0 Å². The Kier molecular flexibility index (Phi) is 2.32. The molecule has 80 valence electrons. The Morgan fingerprint density at radius 3 is 2.07 bits per heavy atom. The molecule has 3 atom stereocenters. The maximum absolute atomic E-state index is 11.8. The summed E-state index contributed by atoms with van der Waals surface area (Å²) in [6.45, 7) is 5.82. The minimum atomic E-state index is -0.317. The van der Waals surface area contributed by atoms with Crippen molar-refractivity contribution in [3.63, 3.8) is 0 Å². The van der Waals surface area contributed by atoms with Crippen LogP contribution in [0, 0.1) is 17.8 Å². The number of carbonyl (C=O) groups is 1. The van der Waals surface area contributed by atoms with Crippen LogP contribution >= 0.6 is 0 Å². The molecule has 0 aromatic heterocycles. The van der Waals surface area contributed by atoms with E-state index in [4.69, 9.17) is 4.74 Å². The van der Waals surface area contributed by atoms with E-state index in [1.807, 2.05) is 20.8 Å². The highest BCUT2D eigenvalue weighted by molar-refractivity contribution is 5.77. The fourth-order valence-electron chi connectivity index (χ4n) is 2.71. The van der Waals surface area contributed by atoms with Gasteiger partial charge < -0.3 is 4.74 Å². The van der Waals surface area contributed by atoms with Gasteiger partial charge in [-0.25, -0.2) is 0 Å². The summed E-state index contributed by atoms with van der Waals surface area (Å²) in [4.78, 5) is 11.8. The van der Waals surface area contributed by atoms with Crippen molar-refractivity contribution in [1.82, 2.24) is 0 Å². The van der Waals surface area contributed by atoms with E-state index in [2.05, 4.69) is 0 Å². The van der Waals surface area contributed by atoms with E-state index in [1.165, 1.54) is 25.7 Å². The minimum absolute atomic E-state index is 0.0504. The molecule has 2 heteroatoms. The van der Waals surface area contributed by atoms with Gasteiger partial charge in [-0.05, 0) is 45.4 Å². The van der Waals surface area contributed by atoms with Crippen LogP contribution in [0.4, 0.5) is 0 Å². The van der Waals surface area contributed by atoms with E-state index in [9.17, 15) is 4.79 Å². The molecule has 0 aromatic carbocycles. The Morgan fingerprint density at radius 1 is 1.14 bits per heavy atom. The predicted molar refractivity (Wildman–Crippen MR) is 54.8 cm³/mol. The largest absolute Gasteiger partial charge is 0.460 e. The lowest BCUT2D eigenvalue weighted by atomic mass is 10.0. The lowest BCUT2D eigenvalue weighted by Crippen LogP contribution is -2.25. The molecular formula is C12H20O2. The zero-order valence-corrected chi connectivity index (χ0v) is 9.38. The van der Waals surface area contributed by atoms with Gasteiger partial charge in [0.05, 0.1) is 5.92 Å². The first-order valence-electron chi connectivity index (χ1n) is 5.72. The summed E-state index contributed by atoms with van der Waals surface area (Å²) in [5, 5.41) is 0. The summed E-state index contributed by atoms with van der Waals surface area (Å²) in [7, 11) is 0. The molecule has 0 N–H and O–H groups in total. The fourth-order valence-corrected chi connectivity index (χ4v) is 2.71. The average molecular weight is 196 g/mol. The summed E-state index contributed by atoms with van der Waals surface area (Å²) in [5.41, 5.74) is -0.317. The van der Waals surface area contributed by atoms with Crippen LogP contribution in [0.5, 0.6) is 0 Å². The van der Waals surface area contributed by atoms with Crippen molar-refractivity contribution in [3.05, 3.63) is 0 Å². The lowest BCUT2D eigenvalue weighted by Gasteiger charge is -2.19. The van der Waals surface area contributed by atoms with Gasteiger partial charge in [0, 0.05) is 0 Å². The Hall–Kier alpha value is -0.530. The van der Waals surface area contributed by atoms with E-state index in [0.29, 0.717) is 11.8 Å². The monoisotopic (exact) mass is 196 g/mol. The molecule has 2 rings (SSSR count). The molecule has 0 saturated heterocycles. The topological polar surface area (TPSA) is 26.3 Å². The SMILES string of the molecule is CC(C)(C)OC(=O)C1[C@H]2CCCC[C@@H]12. The molecule has 0 spiro atoms. The normalized spacial score (nSPS) is 36.1. The van der Waals surface area contributed by atoms with Gasteiger partial charge in [-0.1, -0.05) is 12.8 Å². The second-order valence-electron chi connectivity index (χ2n) is 5.67. The van der Waals surface area contributed by atoms with Crippen LogP contribution < -0.4 is 0 Å². The minimum Gasteiger partial charge on any atom is -0.460 e. The first kappa shape index (κ1) is 10.0. The number of ether oxygens (including phenoxy) is 1. The number of esters is 1. The second kappa shape index (κ2) is 3.25. The second-order valence-corrected chi connectivity index (χ2v) is 5.67. The fraction of sp³-hybridized carbons (Fsp3) is 0.917. The van der Waals surface area contributed by atoms with Crippen molar-refractivity contribution in [2.45, 2.75) is 52.1 Å². The molecule has 0 radical (unpaired) electrons. The highest BCUT2D eigenvalue weighted by Gasteiger charge is 2.56. The van der Waals surface area contributed by atoms with E-state index < -0.39 is 0 Å². The molecule has 2 nitrogen and oxygen atoms in total. The Balaban J connectivity index is 1.88.